The van der Waals surface area contributed by atoms with Crippen LogP contribution in [0, 0.1) is 41.5 Å². The zero-order valence-corrected chi connectivity index (χ0v) is 23.0. The van der Waals surface area contributed by atoms with Crippen molar-refractivity contribution in [3.8, 4) is 22.1 Å². The van der Waals surface area contributed by atoms with Gasteiger partial charge in [-0.1, -0.05) is 98.9 Å². The first-order valence-electron chi connectivity index (χ1n) is 12.4. The van der Waals surface area contributed by atoms with Crippen molar-refractivity contribution in [2.75, 3.05) is 0 Å². The molecule has 3 aromatic carbocycles. The Balaban J connectivity index is 1.67. The van der Waals surface area contributed by atoms with E-state index in [-0.39, 0.29) is 6.71 Å². The highest BCUT2D eigenvalue weighted by Crippen LogP contribution is 2.27. The second-order valence-electron chi connectivity index (χ2n) is 10.0. The van der Waals surface area contributed by atoms with Crippen LogP contribution in [0.3, 0.4) is 0 Å². The third-order valence-corrected chi connectivity index (χ3v) is 8.19. The predicted octanol–water partition coefficient (Wildman–Crippen LogP) is 5.58. The van der Waals surface area contributed by atoms with Crippen molar-refractivity contribution in [3.05, 3.63) is 100 Å². The lowest BCUT2D eigenvalue weighted by Crippen LogP contribution is -2.54. The largest absolute Gasteiger partial charge is 0.325 e. The topological polar surface area (TPSA) is 30.7 Å². The number of rotatable bonds is 5. The van der Waals surface area contributed by atoms with Crippen molar-refractivity contribution >= 4 is 33.8 Å². The molecule has 0 aliphatic rings. The standard InChI is InChI=1S/C31H32BN3S/c1-19-13-21(3)28(22(4)14-19)32(29-23(5)15-20(2)16-24(29)6)27-18-34-31(36-27)26-17-33-30(35(26)7)25-11-9-8-10-12-25/h8-18H,1-7H3. The normalized spacial score (nSPS) is 11.2. The molecule has 0 atom stereocenters. The van der Waals surface area contributed by atoms with E-state index in [1.54, 1.807) is 11.3 Å². The zero-order chi connectivity index (χ0) is 25.6. The van der Waals surface area contributed by atoms with E-state index in [0.29, 0.717) is 0 Å². The quantitative estimate of drug-likeness (QED) is 0.302. The van der Waals surface area contributed by atoms with E-state index in [4.69, 9.17) is 9.97 Å². The van der Waals surface area contributed by atoms with Gasteiger partial charge in [0.25, 0.3) is 6.71 Å². The summed E-state index contributed by atoms with van der Waals surface area (Å²) in [6.07, 6.45) is 4.03. The van der Waals surface area contributed by atoms with Gasteiger partial charge in [0.05, 0.1) is 11.9 Å². The average molecular weight is 489 g/mol. The van der Waals surface area contributed by atoms with E-state index in [1.807, 2.05) is 24.4 Å². The maximum Gasteiger partial charge on any atom is 0.257 e. The molecule has 0 saturated carbocycles. The molecule has 5 rings (SSSR count). The van der Waals surface area contributed by atoms with Gasteiger partial charge < -0.3 is 4.57 Å². The van der Waals surface area contributed by atoms with Crippen LogP contribution in [0.2, 0.25) is 0 Å². The van der Waals surface area contributed by atoms with Crippen LogP contribution in [-0.4, -0.2) is 21.2 Å². The van der Waals surface area contributed by atoms with E-state index >= 15 is 0 Å². The lowest BCUT2D eigenvalue weighted by Gasteiger charge is -2.23. The van der Waals surface area contributed by atoms with E-state index in [0.717, 1.165) is 22.1 Å². The maximum absolute atomic E-state index is 4.94. The first-order valence-corrected chi connectivity index (χ1v) is 13.2. The first-order chi connectivity index (χ1) is 17.2. The van der Waals surface area contributed by atoms with Crippen molar-refractivity contribution < 1.29 is 0 Å². The van der Waals surface area contributed by atoms with Gasteiger partial charge in [0.1, 0.15) is 10.8 Å². The highest BCUT2D eigenvalue weighted by molar-refractivity contribution is 7.29. The molecule has 3 nitrogen and oxygen atoms in total. The minimum Gasteiger partial charge on any atom is -0.325 e. The number of imidazole rings is 1. The fraction of sp³-hybridized carbons (Fsp3) is 0.226. The molecule has 36 heavy (non-hydrogen) atoms. The molecular formula is C31H32BN3S. The van der Waals surface area contributed by atoms with E-state index in [2.05, 4.69) is 95.8 Å². The van der Waals surface area contributed by atoms with Gasteiger partial charge in [-0.2, -0.15) is 0 Å². The third-order valence-electron chi connectivity index (χ3n) is 7.10. The van der Waals surface area contributed by atoms with Gasteiger partial charge in [0.15, 0.2) is 0 Å². The summed E-state index contributed by atoms with van der Waals surface area (Å²) in [5, 5.41) is 0.997. The Morgan fingerprint density at radius 1 is 0.694 bits per heavy atom. The molecule has 0 bridgehead atoms. The fourth-order valence-corrected chi connectivity index (χ4v) is 6.81. The maximum atomic E-state index is 4.94. The van der Waals surface area contributed by atoms with E-state index in [1.165, 1.54) is 49.1 Å². The number of nitrogens with zero attached hydrogens (tertiary/aromatic N) is 3. The van der Waals surface area contributed by atoms with Crippen molar-refractivity contribution in [3.63, 3.8) is 0 Å². The van der Waals surface area contributed by atoms with Crippen molar-refractivity contribution in [2.45, 2.75) is 41.5 Å². The Morgan fingerprint density at radius 2 is 1.22 bits per heavy atom. The molecule has 0 unspecified atom stereocenters. The summed E-state index contributed by atoms with van der Waals surface area (Å²) in [7, 11) is 2.08. The Bertz CT molecular complexity index is 1460. The second kappa shape index (κ2) is 9.55. The molecular weight excluding hydrogens is 457 g/mol. The van der Waals surface area contributed by atoms with Crippen molar-refractivity contribution in [1.82, 2.24) is 14.5 Å². The van der Waals surface area contributed by atoms with E-state index in [9.17, 15) is 0 Å². The molecule has 0 aliphatic heterocycles. The summed E-state index contributed by atoms with van der Waals surface area (Å²) in [5.74, 6) is 0.953. The highest BCUT2D eigenvalue weighted by atomic mass is 32.1. The Morgan fingerprint density at radius 3 is 1.75 bits per heavy atom. The fourth-order valence-electron chi connectivity index (χ4n) is 5.72. The van der Waals surface area contributed by atoms with Gasteiger partial charge in [-0.3, -0.25) is 0 Å². The molecule has 2 aromatic heterocycles. The van der Waals surface area contributed by atoms with Crippen LogP contribution in [-0.2, 0) is 7.05 Å². The molecule has 5 heteroatoms. The number of benzene rings is 3. The zero-order valence-electron chi connectivity index (χ0n) is 22.2. The first kappa shape index (κ1) is 24.3. The Kier molecular flexibility index (Phi) is 6.44. The number of hydrogen-bond acceptors (Lipinski definition) is 3. The summed E-state index contributed by atoms with van der Waals surface area (Å²) < 4.78 is 3.41. The molecule has 5 aromatic rings. The number of aryl methyl sites for hydroxylation is 6. The van der Waals surface area contributed by atoms with Gasteiger partial charge in [-0.25, -0.2) is 9.97 Å². The summed E-state index contributed by atoms with van der Waals surface area (Å²) >= 11 is 1.78. The monoisotopic (exact) mass is 489 g/mol. The number of aromatic nitrogens is 3. The minimum atomic E-state index is 0.138. The van der Waals surface area contributed by atoms with Crippen LogP contribution in [0.1, 0.15) is 33.4 Å². The van der Waals surface area contributed by atoms with Crippen LogP contribution in [0.4, 0.5) is 0 Å². The predicted molar refractivity (Wildman–Crippen MR) is 156 cm³/mol. The smallest absolute Gasteiger partial charge is 0.257 e. The van der Waals surface area contributed by atoms with E-state index < -0.39 is 0 Å². The molecule has 0 amide bonds. The van der Waals surface area contributed by atoms with Crippen LogP contribution in [0.15, 0.2) is 67.0 Å². The Labute approximate surface area is 219 Å². The molecule has 0 saturated heterocycles. The third kappa shape index (κ3) is 4.33. The molecule has 180 valence electrons. The van der Waals surface area contributed by atoms with Crippen molar-refractivity contribution in [2.24, 2.45) is 7.05 Å². The van der Waals surface area contributed by atoms with Crippen molar-refractivity contribution in [1.29, 1.82) is 0 Å². The highest BCUT2D eigenvalue weighted by Gasteiger charge is 2.30. The lowest BCUT2D eigenvalue weighted by atomic mass is 9.37. The summed E-state index contributed by atoms with van der Waals surface area (Å²) in [4.78, 5) is 9.68. The minimum absolute atomic E-state index is 0.138. The molecule has 0 fully saturated rings. The van der Waals surface area contributed by atoms with Crippen LogP contribution in [0.25, 0.3) is 22.1 Å². The molecule has 0 spiro atoms. The van der Waals surface area contributed by atoms with Gasteiger partial charge in [-0.15, -0.1) is 11.3 Å². The molecule has 0 aliphatic carbocycles. The number of thiazole rings is 1. The van der Waals surface area contributed by atoms with Gasteiger partial charge in [-0.05, 0) is 41.5 Å². The SMILES string of the molecule is Cc1cc(C)c(B(c2cnc(-c3cnc(-c4ccccc4)n3C)s2)c2c(C)cc(C)cc2C)c(C)c1. The summed E-state index contributed by atoms with van der Waals surface area (Å²) in [5.41, 5.74) is 12.9. The second-order valence-corrected chi connectivity index (χ2v) is 11.1. The molecule has 2 heterocycles. The Hall–Kier alpha value is -3.44. The average Bonchev–Trinajstić information content (AvgIpc) is 3.44. The van der Waals surface area contributed by atoms with Gasteiger partial charge in [0, 0.05) is 23.6 Å². The molecule has 0 N–H and O–H groups in total. The summed E-state index contributed by atoms with van der Waals surface area (Å²) in [6, 6.07) is 19.6. The van der Waals surface area contributed by atoms with Crippen LogP contribution < -0.4 is 15.7 Å². The van der Waals surface area contributed by atoms with Crippen LogP contribution >= 0.6 is 11.3 Å². The lowest BCUT2D eigenvalue weighted by molar-refractivity contribution is 0.931. The summed E-state index contributed by atoms with van der Waals surface area (Å²) in [6.45, 7) is 13.5. The van der Waals surface area contributed by atoms with Gasteiger partial charge in [0.2, 0.25) is 0 Å². The molecule has 0 radical (unpaired) electrons. The number of hydrogen-bond donors (Lipinski definition) is 0. The van der Waals surface area contributed by atoms with Gasteiger partial charge >= 0.3 is 0 Å². The van der Waals surface area contributed by atoms with Crippen LogP contribution in [0.5, 0.6) is 0 Å².